The second kappa shape index (κ2) is 8.81. The van der Waals surface area contributed by atoms with Crippen molar-refractivity contribution >= 4 is 22.8 Å². The van der Waals surface area contributed by atoms with E-state index in [-0.39, 0.29) is 17.8 Å². The van der Waals surface area contributed by atoms with Gasteiger partial charge in [0.1, 0.15) is 11.6 Å². The van der Waals surface area contributed by atoms with Crippen molar-refractivity contribution in [3.63, 3.8) is 0 Å². The lowest BCUT2D eigenvalue weighted by molar-refractivity contribution is 0.0749. The van der Waals surface area contributed by atoms with Crippen molar-refractivity contribution in [1.29, 1.82) is 0 Å². The average molecular weight is 421 g/mol. The van der Waals surface area contributed by atoms with Crippen LogP contribution in [0.2, 0.25) is 0 Å². The van der Waals surface area contributed by atoms with Gasteiger partial charge in [-0.1, -0.05) is 12.1 Å². The quantitative estimate of drug-likeness (QED) is 0.378. The van der Waals surface area contributed by atoms with Crippen LogP contribution in [0.25, 0.3) is 22.4 Å². The molecule has 0 radical (unpaired) electrons. The molecule has 31 heavy (non-hydrogen) atoms. The number of ether oxygens (including phenoxy) is 1. The number of imidazole rings is 1. The molecule has 2 N–H and O–H groups in total. The minimum absolute atomic E-state index is 0.191. The maximum absolute atomic E-state index is 12.8. The highest BCUT2D eigenvalue weighted by atomic mass is 16.5. The number of nitrogens with one attached hydrogen (secondary N) is 2. The predicted octanol–water partition coefficient (Wildman–Crippen LogP) is 5.31. The van der Waals surface area contributed by atoms with Crippen molar-refractivity contribution in [1.82, 2.24) is 14.5 Å². The summed E-state index contributed by atoms with van der Waals surface area (Å²) in [5, 5.41) is 3.07. The van der Waals surface area contributed by atoms with Crippen LogP contribution >= 0.6 is 0 Å². The third-order valence-corrected chi connectivity index (χ3v) is 5.41. The highest BCUT2D eigenvalue weighted by Crippen LogP contribution is 2.36. The molecular formula is C24H28N4O3. The van der Waals surface area contributed by atoms with Crippen LogP contribution < -0.4 is 5.32 Å². The predicted molar refractivity (Wildman–Crippen MR) is 121 cm³/mol. The number of anilines is 1. The molecule has 3 heterocycles. The summed E-state index contributed by atoms with van der Waals surface area (Å²) >= 11 is 0. The van der Waals surface area contributed by atoms with E-state index in [2.05, 4.69) is 28.7 Å². The zero-order valence-electron chi connectivity index (χ0n) is 18.4. The van der Waals surface area contributed by atoms with Gasteiger partial charge >= 0.3 is 0 Å². The molecule has 3 aromatic heterocycles. The number of rotatable bonds is 8. The Kier molecular flexibility index (Phi) is 5.95. The number of para-hydroxylation sites is 2. The first kappa shape index (κ1) is 20.9. The van der Waals surface area contributed by atoms with E-state index in [1.165, 1.54) is 6.26 Å². The number of benzene rings is 1. The SMILES string of the molecule is Cc1c(-c2nc3ccccc3[nH]2)c(NC(=O)c2ccco2)n(CCCOC(C)C)c1C. The fourth-order valence-corrected chi connectivity index (χ4v) is 3.75. The van der Waals surface area contributed by atoms with Crippen molar-refractivity contribution in [2.75, 3.05) is 11.9 Å². The molecule has 4 aromatic rings. The number of H-pyrrole nitrogens is 1. The van der Waals surface area contributed by atoms with Gasteiger partial charge in [0.05, 0.1) is 29.0 Å². The van der Waals surface area contributed by atoms with Crippen LogP contribution in [-0.2, 0) is 11.3 Å². The summed E-state index contributed by atoms with van der Waals surface area (Å²) in [5.41, 5.74) is 4.87. The molecule has 0 aliphatic heterocycles. The van der Waals surface area contributed by atoms with Gasteiger partial charge in [0.15, 0.2) is 5.76 Å². The zero-order chi connectivity index (χ0) is 22.0. The Morgan fingerprint density at radius 2 is 2.03 bits per heavy atom. The Balaban J connectivity index is 1.75. The monoisotopic (exact) mass is 420 g/mol. The van der Waals surface area contributed by atoms with Crippen LogP contribution in [0.15, 0.2) is 47.1 Å². The van der Waals surface area contributed by atoms with Gasteiger partial charge in [-0.15, -0.1) is 0 Å². The Bertz CT molecular complexity index is 1150. The molecular weight excluding hydrogens is 392 g/mol. The van der Waals surface area contributed by atoms with E-state index < -0.39 is 0 Å². The van der Waals surface area contributed by atoms with Crippen molar-refractivity contribution in [2.45, 2.75) is 46.8 Å². The topological polar surface area (TPSA) is 85.1 Å². The van der Waals surface area contributed by atoms with Crippen LogP contribution in [0.3, 0.4) is 0 Å². The smallest absolute Gasteiger partial charge is 0.292 e. The van der Waals surface area contributed by atoms with Crippen LogP contribution in [0, 0.1) is 13.8 Å². The van der Waals surface area contributed by atoms with Gasteiger partial charge in [0.25, 0.3) is 5.91 Å². The summed E-state index contributed by atoms with van der Waals surface area (Å²) in [4.78, 5) is 21.0. The van der Waals surface area contributed by atoms with Crippen molar-refractivity contribution < 1.29 is 13.9 Å². The number of nitrogens with zero attached hydrogens (tertiary/aromatic N) is 2. The minimum Gasteiger partial charge on any atom is -0.459 e. The van der Waals surface area contributed by atoms with Gasteiger partial charge in [-0.3, -0.25) is 4.79 Å². The highest BCUT2D eigenvalue weighted by Gasteiger charge is 2.24. The summed E-state index contributed by atoms with van der Waals surface area (Å²) in [5.74, 6) is 1.41. The summed E-state index contributed by atoms with van der Waals surface area (Å²) in [6, 6.07) is 11.3. The van der Waals surface area contributed by atoms with E-state index in [1.54, 1.807) is 12.1 Å². The third kappa shape index (κ3) is 4.27. The summed E-state index contributed by atoms with van der Waals surface area (Å²) in [6.45, 7) is 9.54. The highest BCUT2D eigenvalue weighted by molar-refractivity contribution is 6.04. The molecule has 0 aliphatic rings. The molecule has 7 nitrogen and oxygen atoms in total. The van der Waals surface area contributed by atoms with Crippen LogP contribution in [0.5, 0.6) is 0 Å². The molecule has 1 aromatic carbocycles. The fourth-order valence-electron chi connectivity index (χ4n) is 3.75. The maximum Gasteiger partial charge on any atom is 0.292 e. The Morgan fingerprint density at radius 1 is 1.23 bits per heavy atom. The molecule has 7 heteroatoms. The second-order valence-electron chi connectivity index (χ2n) is 7.89. The molecule has 0 fully saturated rings. The van der Waals surface area contributed by atoms with E-state index in [9.17, 15) is 4.79 Å². The molecule has 0 spiro atoms. The number of hydrogen-bond donors (Lipinski definition) is 2. The molecule has 1 amide bonds. The van der Waals surface area contributed by atoms with Crippen molar-refractivity contribution in [3.05, 3.63) is 59.7 Å². The number of hydrogen-bond acceptors (Lipinski definition) is 4. The fraction of sp³-hybridized carbons (Fsp3) is 0.333. The normalized spacial score (nSPS) is 11.5. The second-order valence-corrected chi connectivity index (χ2v) is 7.89. The molecule has 0 saturated carbocycles. The number of furan rings is 1. The van der Waals surface area contributed by atoms with Crippen molar-refractivity contribution in [3.8, 4) is 11.4 Å². The molecule has 0 atom stereocenters. The molecule has 4 rings (SSSR count). The van der Waals surface area contributed by atoms with Crippen LogP contribution in [-0.4, -0.2) is 33.2 Å². The summed E-state index contributed by atoms with van der Waals surface area (Å²) < 4.78 is 13.1. The summed E-state index contributed by atoms with van der Waals surface area (Å²) in [7, 11) is 0. The lowest BCUT2D eigenvalue weighted by Gasteiger charge is -2.14. The van der Waals surface area contributed by atoms with Gasteiger partial charge in [-0.2, -0.15) is 0 Å². The average Bonchev–Trinajstić information content (AvgIpc) is 3.46. The Morgan fingerprint density at radius 3 is 2.74 bits per heavy atom. The number of aromatic nitrogens is 3. The first-order valence-electron chi connectivity index (χ1n) is 10.6. The maximum atomic E-state index is 12.8. The van der Waals surface area contributed by atoms with E-state index in [0.29, 0.717) is 19.0 Å². The Labute approximate surface area is 181 Å². The molecule has 0 unspecified atom stereocenters. The van der Waals surface area contributed by atoms with E-state index in [1.807, 2.05) is 38.1 Å². The van der Waals surface area contributed by atoms with Gasteiger partial charge in [-0.05, 0) is 63.9 Å². The van der Waals surface area contributed by atoms with Gasteiger partial charge in [-0.25, -0.2) is 4.98 Å². The zero-order valence-corrected chi connectivity index (χ0v) is 18.4. The van der Waals surface area contributed by atoms with Gasteiger partial charge in [0, 0.05) is 18.8 Å². The lowest BCUT2D eigenvalue weighted by atomic mass is 10.1. The molecule has 0 aliphatic carbocycles. The minimum atomic E-state index is -0.292. The number of carbonyl (C=O) groups excluding carboxylic acids is 1. The van der Waals surface area contributed by atoms with E-state index >= 15 is 0 Å². The van der Waals surface area contributed by atoms with Gasteiger partial charge < -0.3 is 24.0 Å². The summed E-state index contributed by atoms with van der Waals surface area (Å²) in [6.07, 6.45) is 2.52. The van der Waals surface area contributed by atoms with Crippen LogP contribution in [0.4, 0.5) is 5.82 Å². The number of fused-ring (bicyclic) bond motifs is 1. The molecule has 0 bridgehead atoms. The first-order valence-corrected chi connectivity index (χ1v) is 10.6. The lowest BCUT2D eigenvalue weighted by Crippen LogP contribution is -2.17. The molecule has 0 saturated heterocycles. The number of amides is 1. The largest absolute Gasteiger partial charge is 0.459 e. The van der Waals surface area contributed by atoms with E-state index in [0.717, 1.165) is 40.1 Å². The van der Waals surface area contributed by atoms with Gasteiger partial charge in [0.2, 0.25) is 0 Å². The number of aromatic amines is 1. The molecule has 162 valence electrons. The first-order chi connectivity index (χ1) is 15.0. The van der Waals surface area contributed by atoms with Crippen molar-refractivity contribution in [2.24, 2.45) is 0 Å². The van der Waals surface area contributed by atoms with E-state index in [4.69, 9.17) is 14.1 Å². The third-order valence-electron chi connectivity index (χ3n) is 5.41. The standard InChI is InChI=1S/C24H28N4O3/c1-15(2)30-14-8-12-28-17(4)16(3)21(22-25-18-9-5-6-10-19(18)26-22)23(28)27-24(29)20-11-7-13-31-20/h5-7,9-11,13,15H,8,12,14H2,1-4H3,(H,25,26)(H,27,29). The Hall–Kier alpha value is -3.32. The van der Waals surface area contributed by atoms with Crippen LogP contribution in [0.1, 0.15) is 42.1 Å². The number of carbonyl (C=O) groups is 1.